The summed E-state index contributed by atoms with van der Waals surface area (Å²) in [6.07, 6.45) is 3.68. The first-order valence-corrected chi connectivity index (χ1v) is 11.1. The summed E-state index contributed by atoms with van der Waals surface area (Å²) < 4.78 is 12.1. The Morgan fingerprint density at radius 3 is 2.94 bits per heavy atom. The van der Waals surface area contributed by atoms with Crippen LogP contribution < -0.4 is 20.3 Å². The summed E-state index contributed by atoms with van der Waals surface area (Å²) in [5.41, 5.74) is 1.79. The minimum Gasteiger partial charge on any atom is -0.454 e. The van der Waals surface area contributed by atoms with Crippen molar-refractivity contribution in [1.82, 2.24) is 19.7 Å². The third-order valence-electron chi connectivity index (χ3n) is 4.90. The number of benzene rings is 1. The number of ether oxygens (including phenoxy) is 2. The zero-order valence-electron chi connectivity index (χ0n) is 17.6. The SMILES string of the molecule is CCc1cc(=O)[nH]c(-n2nc(-c3cccs3)cc2NC(=O)/C=C\c2ccc3c(c2)OCO3)n1. The molecule has 0 fully saturated rings. The fourth-order valence-electron chi connectivity index (χ4n) is 3.31. The summed E-state index contributed by atoms with van der Waals surface area (Å²) >= 11 is 1.52. The Balaban J connectivity index is 1.45. The van der Waals surface area contributed by atoms with Crippen molar-refractivity contribution < 1.29 is 14.3 Å². The second-order valence-electron chi connectivity index (χ2n) is 7.15. The molecule has 0 aliphatic carbocycles. The lowest BCUT2D eigenvalue weighted by atomic mass is 10.2. The van der Waals surface area contributed by atoms with Gasteiger partial charge < -0.3 is 14.8 Å². The number of nitrogens with one attached hydrogen (secondary N) is 2. The van der Waals surface area contributed by atoms with E-state index in [1.807, 2.05) is 30.5 Å². The molecule has 1 aromatic carbocycles. The molecule has 2 N–H and O–H groups in total. The molecule has 10 heteroatoms. The number of carbonyl (C=O) groups excluding carboxylic acids is 1. The molecule has 4 aromatic rings. The van der Waals surface area contributed by atoms with Gasteiger partial charge in [-0.25, -0.2) is 4.98 Å². The first-order valence-electron chi connectivity index (χ1n) is 10.2. The molecule has 0 saturated heterocycles. The summed E-state index contributed by atoms with van der Waals surface area (Å²) in [6, 6.07) is 12.5. The van der Waals surface area contributed by atoms with Crippen molar-refractivity contribution in [3.05, 3.63) is 75.5 Å². The Morgan fingerprint density at radius 1 is 1.24 bits per heavy atom. The van der Waals surface area contributed by atoms with Crippen LogP contribution in [0.4, 0.5) is 5.82 Å². The minimum absolute atomic E-state index is 0.189. The van der Waals surface area contributed by atoms with Crippen molar-refractivity contribution in [1.29, 1.82) is 0 Å². The van der Waals surface area contributed by atoms with Crippen LogP contribution in [0.1, 0.15) is 18.2 Å². The van der Waals surface area contributed by atoms with Gasteiger partial charge in [0.25, 0.3) is 5.56 Å². The Bertz CT molecular complexity index is 1400. The largest absolute Gasteiger partial charge is 0.454 e. The fourth-order valence-corrected chi connectivity index (χ4v) is 3.99. The molecule has 0 unspecified atom stereocenters. The van der Waals surface area contributed by atoms with E-state index in [0.717, 1.165) is 10.4 Å². The van der Waals surface area contributed by atoms with E-state index in [1.165, 1.54) is 28.2 Å². The molecule has 0 radical (unpaired) electrons. The van der Waals surface area contributed by atoms with Gasteiger partial charge in [-0.15, -0.1) is 11.3 Å². The smallest absolute Gasteiger partial charge is 0.252 e. The second-order valence-corrected chi connectivity index (χ2v) is 8.10. The van der Waals surface area contributed by atoms with Crippen molar-refractivity contribution in [2.24, 2.45) is 0 Å². The molecule has 166 valence electrons. The normalized spacial score (nSPS) is 12.4. The first-order chi connectivity index (χ1) is 16.1. The molecule has 33 heavy (non-hydrogen) atoms. The number of H-pyrrole nitrogens is 1. The maximum Gasteiger partial charge on any atom is 0.252 e. The zero-order valence-corrected chi connectivity index (χ0v) is 18.4. The molecule has 1 aliphatic rings. The number of carbonyl (C=O) groups is 1. The highest BCUT2D eigenvalue weighted by molar-refractivity contribution is 7.13. The molecule has 0 spiro atoms. The van der Waals surface area contributed by atoms with Gasteiger partial charge in [0.15, 0.2) is 11.5 Å². The number of hydrogen-bond acceptors (Lipinski definition) is 7. The van der Waals surface area contributed by atoms with Crippen molar-refractivity contribution in [2.45, 2.75) is 13.3 Å². The first kappa shape index (κ1) is 20.7. The van der Waals surface area contributed by atoms with Crippen LogP contribution in [0.15, 0.2) is 58.7 Å². The van der Waals surface area contributed by atoms with Gasteiger partial charge >= 0.3 is 0 Å². The van der Waals surface area contributed by atoms with Gasteiger partial charge in [-0.2, -0.15) is 9.78 Å². The van der Waals surface area contributed by atoms with E-state index in [0.29, 0.717) is 35.1 Å². The maximum atomic E-state index is 12.7. The number of aryl methyl sites for hydroxylation is 1. The van der Waals surface area contributed by atoms with E-state index in [9.17, 15) is 9.59 Å². The summed E-state index contributed by atoms with van der Waals surface area (Å²) in [6.45, 7) is 2.10. The highest BCUT2D eigenvalue weighted by atomic mass is 32.1. The Morgan fingerprint density at radius 2 is 2.12 bits per heavy atom. The summed E-state index contributed by atoms with van der Waals surface area (Å²) in [5.74, 6) is 1.58. The van der Waals surface area contributed by atoms with Crippen LogP contribution >= 0.6 is 11.3 Å². The van der Waals surface area contributed by atoms with Gasteiger partial charge in [-0.1, -0.05) is 19.1 Å². The number of anilines is 1. The van der Waals surface area contributed by atoms with Crippen LogP contribution in [-0.2, 0) is 11.2 Å². The van der Waals surface area contributed by atoms with Gasteiger partial charge in [0, 0.05) is 23.9 Å². The van der Waals surface area contributed by atoms with Crippen molar-refractivity contribution >= 4 is 29.1 Å². The topological polar surface area (TPSA) is 111 Å². The number of fused-ring (bicyclic) bond motifs is 1. The molecule has 1 aliphatic heterocycles. The molecule has 3 aromatic heterocycles. The molecule has 0 bridgehead atoms. The Kier molecular flexibility index (Phi) is 5.49. The number of rotatable bonds is 6. The van der Waals surface area contributed by atoms with Gasteiger partial charge in [-0.05, 0) is 41.6 Å². The highest BCUT2D eigenvalue weighted by Gasteiger charge is 2.16. The van der Waals surface area contributed by atoms with Crippen LogP contribution in [0, 0.1) is 0 Å². The summed E-state index contributed by atoms with van der Waals surface area (Å²) in [5, 5.41) is 9.35. The molecule has 9 nitrogen and oxygen atoms in total. The fraction of sp³-hybridized carbons (Fsp3) is 0.130. The molecule has 1 amide bonds. The molecule has 5 rings (SSSR count). The Labute approximate surface area is 192 Å². The summed E-state index contributed by atoms with van der Waals surface area (Å²) in [7, 11) is 0. The van der Waals surface area contributed by atoms with Crippen molar-refractivity contribution in [3.8, 4) is 28.0 Å². The van der Waals surface area contributed by atoms with E-state index >= 15 is 0 Å². The molecule has 0 atom stereocenters. The third kappa shape index (κ3) is 4.41. The number of aromatic nitrogens is 4. The van der Waals surface area contributed by atoms with Crippen LogP contribution in [0.25, 0.3) is 22.6 Å². The predicted octanol–water partition coefficient (Wildman–Crippen LogP) is 3.63. The van der Waals surface area contributed by atoms with Crippen LogP contribution in [0.5, 0.6) is 11.5 Å². The molecule has 4 heterocycles. The number of thiophene rings is 1. The van der Waals surface area contributed by atoms with Gasteiger partial charge in [0.2, 0.25) is 18.6 Å². The highest BCUT2D eigenvalue weighted by Crippen LogP contribution is 2.33. The second kappa shape index (κ2) is 8.75. The quantitative estimate of drug-likeness (QED) is 0.424. The van der Waals surface area contributed by atoms with E-state index in [-0.39, 0.29) is 24.2 Å². The standard InChI is InChI=1S/C23H19N5O4S/c1-2-15-11-22(30)26-23(24-15)28-20(12-16(27-28)19-4-3-9-33-19)25-21(29)8-6-14-5-7-17-18(10-14)32-13-31-17/h3-12H,2,13H2,1H3,(H,25,29)(H,24,26,30)/b8-6-. The van der Waals surface area contributed by atoms with Gasteiger partial charge in [-0.3, -0.25) is 14.6 Å². The average Bonchev–Trinajstić information content (AvgIpc) is 3.57. The lowest BCUT2D eigenvalue weighted by molar-refractivity contribution is -0.111. The monoisotopic (exact) mass is 461 g/mol. The molecular weight excluding hydrogens is 442 g/mol. The summed E-state index contributed by atoms with van der Waals surface area (Å²) in [4.78, 5) is 32.9. The molecule has 0 saturated carbocycles. The van der Waals surface area contributed by atoms with E-state index in [2.05, 4.69) is 20.4 Å². The minimum atomic E-state index is -0.361. The van der Waals surface area contributed by atoms with Crippen LogP contribution in [-0.4, -0.2) is 32.4 Å². The number of hydrogen-bond donors (Lipinski definition) is 2. The predicted molar refractivity (Wildman–Crippen MR) is 125 cm³/mol. The lowest BCUT2D eigenvalue weighted by Gasteiger charge is -2.07. The van der Waals surface area contributed by atoms with Gasteiger partial charge in [0.05, 0.1) is 4.88 Å². The third-order valence-corrected chi connectivity index (χ3v) is 5.80. The zero-order chi connectivity index (χ0) is 22.8. The number of aromatic amines is 1. The molecular formula is C23H19N5O4S. The van der Waals surface area contributed by atoms with E-state index in [1.54, 1.807) is 24.3 Å². The number of nitrogens with zero attached hydrogens (tertiary/aromatic N) is 3. The lowest BCUT2D eigenvalue weighted by Crippen LogP contribution is -2.18. The van der Waals surface area contributed by atoms with E-state index in [4.69, 9.17) is 9.47 Å². The average molecular weight is 462 g/mol. The van der Waals surface area contributed by atoms with Gasteiger partial charge in [0.1, 0.15) is 11.5 Å². The van der Waals surface area contributed by atoms with Crippen molar-refractivity contribution in [2.75, 3.05) is 12.1 Å². The maximum absolute atomic E-state index is 12.7. The van der Waals surface area contributed by atoms with Crippen LogP contribution in [0.3, 0.4) is 0 Å². The van der Waals surface area contributed by atoms with E-state index < -0.39 is 0 Å². The van der Waals surface area contributed by atoms with Crippen molar-refractivity contribution in [3.63, 3.8) is 0 Å². The van der Waals surface area contributed by atoms with Crippen LogP contribution in [0.2, 0.25) is 0 Å². The number of amides is 1. The Hall–Kier alpha value is -4.18.